The van der Waals surface area contributed by atoms with Crippen LogP contribution in [0.3, 0.4) is 0 Å². The molecule has 0 radical (unpaired) electrons. The van der Waals surface area contributed by atoms with Crippen LogP contribution < -0.4 is 10.1 Å². The van der Waals surface area contributed by atoms with Crippen LogP contribution in [0, 0.1) is 28.8 Å². The third-order valence-electron chi connectivity index (χ3n) is 5.74. The van der Waals surface area contributed by atoms with Gasteiger partial charge in [0.2, 0.25) is 5.91 Å². The molecule has 2 aromatic carbocycles. The van der Waals surface area contributed by atoms with Crippen molar-refractivity contribution in [1.29, 1.82) is 5.41 Å². The minimum absolute atomic E-state index is 0.0792. The molecule has 1 saturated heterocycles. The molecule has 0 bridgehead atoms. The lowest BCUT2D eigenvalue weighted by atomic mass is 9.88. The Morgan fingerprint density at radius 1 is 1.14 bits per heavy atom. The van der Waals surface area contributed by atoms with Crippen molar-refractivity contribution in [3.63, 3.8) is 0 Å². The number of anilines is 2. The maximum Gasteiger partial charge on any atom is 0.245 e. The molecule has 4 rings (SSSR count). The molecule has 0 saturated carbocycles. The van der Waals surface area contributed by atoms with E-state index in [4.69, 9.17) is 10.1 Å². The number of ether oxygens (including phenoxy) is 1. The Morgan fingerprint density at radius 2 is 1.91 bits per heavy atom. The second kappa shape index (κ2) is 10.4. The van der Waals surface area contributed by atoms with Crippen LogP contribution >= 0.6 is 0 Å². The highest BCUT2D eigenvalue weighted by Crippen LogP contribution is 2.30. The SMILES string of the molecule is C=CC(=O)N1CCCC(C(=N)c2c(F)cncc2Nc2ccc(Oc3cc(F)ccc3F)cc2)C1. The van der Waals surface area contributed by atoms with Gasteiger partial charge in [0, 0.05) is 36.5 Å². The van der Waals surface area contributed by atoms with E-state index in [1.165, 1.54) is 12.3 Å². The predicted octanol–water partition coefficient (Wildman–Crippen LogP) is 5.83. The number of amides is 1. The van der Waals surface area contributed by atoms with E-state index in [1.54, 1.807) is 29.2 Å². The second-order valence-electron chi connectivity index (χ2n) is 8.11. The Balaban J connectivity index is 1.52. The van der Waals surface area contributed by atoms with Gasteiger partial charge in [0.05, 0.1) is 23.6 Å². The average Bonchev–Trinajstić information content (AvgIpc) is 2.87. The number of nitrogens with zero attached hydrogens (tertiary/aromatic N) is 2. The van der Waals surface area contributed by atoms with E-state index in [0.717, 1.165) is 24.4 Å². The summed E-state index contributed by atoms with van der Waals surface area (Å²) in [5.41, 5.74) is 1.01. The molecule has 1 amide bonds. The van der Waals surface area contributed by atoms with Crippen molar-refractivity contribution in [3.8, 4) is 11.5 Å². The van der Waals surface area contributed by atoms with Gasteiger partial charge in [0.15, 0.2) is 17.4 Å². The number of likely N-dealkylation sites (tertiary alicyclic amines) is 1. The van der Waals surface area contributed by atoms with Crippen molar-refractivity contribution in [2.75, 3.05) is 18.4 Å². The van der Waals surface area contributed by atoms with Crippen molar-refractivity contribution in [1.82, 2.24) is 9.88 Å². The highest BCUT2D eigenvalue weighted by atomic mass is 19.1. The summed E-state index contributed by atoms with van der Waals surface area (Å²) in [7, 11) is 0. The number of halogens is 3. The highest BCUT2D eigenvalue weighted by molar-refractivity contribution is 6.05. The van der Waals surface area contributed by atoms with Gasteiger partial charge in [-0.2, -0.15) is 0 Å². The fourth-order valence-electron chi connectivity index (χ4n) is 3.99. The van der Waals surface area contributed by atoms with Crippen molar-refractivity contribution in [2.45, 2.75) is 12.8 Å². The van der Waals surface area contributed by atoms with Crippen LogP contribution in [0.5, 0.6) is 11.5 Å². The van der Waals surface area contributed by atoms with Crippen LogP contribution in [-0.4, -0.2) is 34.6 Å². The summed E-state index contributed by atoms with van der Waals surface area (Å²) >= 11 is 0. The Kier molecular flexibility index (Phi) is 7.14. The molecule has 1 fully saturated rings. The Morgan fingerprint density at radius 3 is 2.66 bits per heavy atom. The molecular weight excluding hydrogens is 457 g/mol. The van der Waals surface area contributed by atoms with E-state index >= 15 is 0 Å². The lowest BCUT2D eigenvalue weighted by molar-refractivity contribution is -0.127. The van der Waals surface area contributed by atoms with Gasteiger partial charge in [-0.25, -0.2) is 13.2 Å². The zero-order valence-corrected chi connectivity index (χ0v) is 18.7. The number of benzene rings is 2. The molecular formula is C26H23F3N4O2. The maximum atomic E-state index is 14.8. The lowest BCUT2D eigenvalue weighted by Gasteiger charge is -2.33. The van der Waals surface area contributed by atoms with Crippen molar-refractivity contribution in [2.24, 2.45) is 5.92 Å². The van der Waals surface area contributed by atoms with E-state index in [2.05, 4.69) is 16.9 Å². The number of carbonyl (C=O) groups is 1. The van der Waals surface area contributed by atoms with Crippen LogP contribution in [-0.2, 0) is 4.79 Å². The van der Waals surface area contributed by atoms with Gasteiger partial charge < -0.3 is 20.4 Å². The van der Waals surface area contributed by atoms with Gasteiger partial charge in [-0.05, 0) is 55.3 Å². The standard InChI is InChI=1S/C26H23F3N4O2/c1-2-24(34)33-11-3-4-16(15-33)26(30)25-21(29)13-31-14-22(25)32-18-6-8-19(9-7-18)35-23-12-17(27)5-10-20(23)28/h2,5-10,12-14,16,30,32H,1,3-4,11,15H2. The molecule has 0 spiro atoms. The minimum Gasteiger partial charge on any atom is -0.454 e. The molecule has 35 heavy (non-hydrogen) atoms. The number of hydrogen-bond acceptors (Lipinski definition) is 5. The molecule has 2 heterocycles. The molecule has 1 aromatic heterocycles. The van der Waals surface area contributed by atoms with E-state index in [9.17, 15) is 18.0 Å². The van der Waals surface area contributed by atoms with Crippen LogP contribution in [0.15, 0.2) is 67.5 Å². The maximum absolute atomic E-state index is 14.8. The summed E-state index contributed by atoms with van der Waals surface area (Å²) in [6, 6.07) is 9.26. The molecule has 2 N–H and O–H groups in total. The first-order valence-corrected chi connectivity index (χ1v) is 11.0. The largest absolute Gasteiger partial charge is 0.454 e. The van der Waals surface area contributed by atoms with E-state index in [1.807, 2.05) is 0 Å². The highest BCUT2D eigenvalue weighted by Gasteiger charge is 2.28. The van der Waals surface area contributed by atoms with Crippen molar-refractivity contribution < 1.29 is 22.7 Å². The quantitative estimate of drug-likeness (QED) is 0.330. The Hall–Kier alpha value is -4.14. The number of rotatable bonds is 7. The zero-order chi connectivity index (χ0) is 24.9. The topological polar surface area (TPSA) is 78.3 Å². The van der Waals surface area contributed by atoms with E-state index in [0.29, 0.717) is 37.3 Å². The average molecular weight is 480 g/mol. The van der Waals surface area contributed by atoms with Gasteiger partial charge in [-0.3, -0.25) is 9.78 Å². The monoisotopic (exact) mass is 480 g/mol. The van der Waals surface area contributed by atoms with Gasteiger partial charge in [-0.1, -0.05) is 6.58 Å². The number of pyridine rings is 1. The third-order valence-corrected chi connectivity index (χ3v) is 5.74. The summed E-state index contributed by atoms with van der Waals surface area (Å²) in [6.07, 6.45) is 5.07. The van der Waals surface area contributed by atoms with Crippen molar-refractivity contribution in [3.05, 3.63) is 90.5 Å². The molecule has 0 aliphatic carbocycles. The molecule has 1 atom stereocenters. The third kappa shape index (κ3) is 5.51. The van der Waals surface area contributed by atoms with Gasteiger partial charge in [-0.15, -0.1) is 0 Å². The number of hydrogen-bond donors (Lipinski definition) is 2. The smallest absolute Gasteiger partial charge is 0.245 e. The lowest BCUT2D eigenvalue weighted by Crippen LogP contribution is -2.41. The summed E-state index contributed by atoms with van der Waals surface area (Å²) in [5.74, 6) is -2.47. The number of aromatic nitrogens is 1. The molecule has 1 aliphatic rings. The fourth-order valence-corrected chi connectivity index (χ4v) is 3.99. The number of carbonyl (C=O) groups excluding carboxylic acids is 1. The van der Waals surface area contributed by atoms with Crippen molar-refractivity contribution >= 4 is 23.0 Å². The van der Waals surface area contributed by atoms with Crippen LogP contribution in [0.1, 0.15) is 18.4 Å². The van der Waals surface area contributed by atoms with Gasteiger partial charge in [0.25, 0.3) is 0 Å². The molecule has 1 aliphatic heterocycles. The Labute approximate surface area is 200 Å². The molecule has 3 aromatic rings. The fraction of sp³-hybridized carbons (Fsp3) is 0.192. The van der Waals surface area contributed by atoms with E-state index in [-0.39, 0.29) is 34.6 Å². The first-order chi connectivity index (χ1) is 16.9. The van der Waals surface area contributed by atoms with Crippen LogP contribution in [0.2, 0.25) is 0 Å². The van der Waals surface area contributed by atoms with Gasteiger partial charge in [0.1, 0.15) is 11.6 Å². The first kappa shape index (κ1) is 24.0. The van der Waals surface area contributed by atoms with Crippen LogP contribution in [0.25, 0.3) is 0 Å². The van der Waals surface area contributed by atoms with Gasteiger partial charge >= 0.3 is 0 Å². The molecule has 1 unspecified atom stereocenters. The molecule has 6 nitrogen and oxygen atoms in total. The minimum atomic E-state index is -0.696. The predicted molar refractivity (Wildman–Crippen MR) is 127 cm³/mol. The van der Waals surface area contributed by atoms with E-state index < -0.39 is 17.5 Å². The molecule has 9 heteroatoms. The van der Waals surface area contributed by atoms with Crippen LogP contribution in [0.4, 0.5) is 24.5 Å². The normalized spacial score (nSPS) is 15.4. The summed E-state index contributed by atoms with van der Waals surface area (Å²) in [6.45, 7) is 4.40. The summed E-state index contributed by atoms with van der Waals surface area (Å²) in [5, 5.41) is 11.8. The summed E-state index contributed by atoms with van der Waals surface area (Å²) < 4.78 is 47.4. The Bertz CT molecular complexity index is 1260. The number of piperidine rings is 1. The zero-order valence-electron chi connectivity index (χ0n) is 18.7. The molecule has 180 valence electrons. The number of nitrogens with one attached hydrogen (secondary N) is 2. The second-order valence-corrected chi connectivity index (χ2v) is 8.11. The summed E-state index contributed by atoms with van der Waals surface area (Å²) in [4.78, 5) is 17.5. The first-order valence-electron chi connectivity index (χ1n) is 11.0.